The van der Waals surface area contributed by atoms with Gasteiger partial charge in [0.25, 0.3) is 0 Å². The molecule has 23 heavy (non-hydrogen) atoms. The summed E-state index contributed by atoms with van der Waals surface area (Å²) in [5, 5.41) is 0. The number of sulfonamides is 1. The minimum atomic E-state index is -3.89. The van der Waals surface area contributed by atoms with Crippen LogP contribution in [0, 0.1) is 6.92 Å². The normalized spacial score (nSPS) is 20.6. The van der Waals surface area contributed by atoms with E-state index in [9.17, 15) is 16.8 Å². The van der Waals surface area contributed by atoms with Gasteiger partial charge in [0.2, 0.25) is 10.0 Å². The lowest BCUT2D eigenvalue weighted by Crippen LogP contribution is -2.41. The minimum absolute atomic E-state index is 0.00574. The van der Waals surface area contributed by atoms with Crippen molar-refractivity contribution in [3.05, 3.63) is 36.4 Å². The Labute approximate surface area is 137 Å². The molecule has 0 saturated carbocycles. The van der Waals surface area contributed by atoms with Crippen LogP contribution in [0.15, 0.2) is 35.7 Å². The number of sulfone groups is 1. The van der Waals surface area contributed by atoms with Gasteiger partial charge in [0.05, 0.1) is 18.6 Å². The van der Waals surface area contributed by atoms with Crippen molar-refractivity contribution in [3.63, 3.8) is 0 Å². The molecule has 0 radical (unpaired) electrons. The highest BCUT2D eigenvalue weighted by Crippen LogP contribution is 2.31. The van der Waals surface area contributed by atoms with Gasteiger partial charge in [-0.15, -0.1) is 6.58 Å². The van der Waals surface area contributed by atoms with E-state index in [1.165, 1.54) is 23.6 Å². The molecule has 0 aromatic heterocycles. The average Bonchev–Trinajstić information content (AvgIpc) is 2.84. The Balaban J connectivity index is 2.50. The Hall–Kier alpha value is -1.38. The number of methoxy groups -OCH3 is 1. The fourth-order valence-corrected chi connectivity index (χ4v) is 6.38. The molecule has 8 heteroatoms. The van der Waals surface area contributed by atoms with Crippen molar-refractivity contribution in [2.24, 2.45) is 0 Å². The van der Waals surface area contributed by atoms with Gasteiger partial charge in [0.15, 0.2) is 9.84 Å². The number of aryl methyl sites for hydroxylation is 1. The maximum absolute atomic E-state index is 13.1. The van der Waals surface area contributed by atoms with E-state index >= 15 is 0 Å². The molecule has 0 aliphatic carbocycles. The number of hydrogen-bond acceptors (Lipinski definition) is 5. The standard InChI is InChI=1S/C15H21NO5S2/c1-4-8-16(13-7-9-22(17,18)11-13)23(19,20)15-10-12(2)5-6-14(15)21-3/h4-6,10,13H,1,7-9,11H2,2-3H3/t13-/m0/s1. The molecule has 0 spiro atoms. The fraction of sp³-hybridized carbons (Fsp3) is 0.467. The van der Waals surface area contributed by atoms with Crippen molar-refractivity contribution in [2.45, 2.75) is 24.3 Å². The molecule has 128 valence electrons. The highest BCUT2D eigenvalue weighted by molar-refractivity contribution is 7.92. The van der Waals surface area contributed by atoms with Crippen molar-refractivity contribution in [1.29, 1.82) is 0 Å². The van der Waals surface area contributed by atoms with E-state index in [1.54, 1.807) is 19.1 Å². The summed E-state index contributed by atoms with van der Waals surface area (Å²) >= 11 is 0. The smallest absolute Gasteiger partial charge is 0.247 e. The Kier molecular flexibility index (Phi) is 5.17. The first-order valence-corrected chi connectivity index (χ1v) is 10.4. The van der Waals surface area contributed by atoms with Crippen LogP contribution in [-0.4, -0.2) is 52.3 Å². The highest BCUT2D eigenvalue weighted by atomic mass is 32.2. The maximum Gasteiger partial charge on any atom is 0.247 e. The van der Waals surface area contributed by atoms with E-state index in [-0.39, 0.29) is 28.7 Å². The molecule has 1 saturated heterocycles. The summed E-state index contributed by atoms with van der Waals surface area (Å²) in [6, 6.07) is 4.32. The summed E-state index contributed by atoms with van der Waals surface area (Å²) in [6.45, 7) is 5.43. The predicted molar refractivity (Wildman–Crippen MR) is 88.9 cm³/mol. The summed E-state index contributed by atoms with van der Waals surface area (Å²) in [7, 11) is -5.68. The van der Waals surface area contributed by atoms with Crippen molar-refractivity contribution < 1.29 is 21.6 Å². The van der Waals surface area contributed by atoms with Crippen LogP contribution in [0.3, 0.4) is 0 Å². The van der Waals surface area contributed by atoms with Crippen LogP contribution in [0.2, 0.25) is 0 Å². The third-order valence-corrected chi connectivity index (χ3v) is 7.52. The zero-order valence-corrected chi connectivity index (χ0v) is 14.9. The molecule has 1 aliphatic heterocycles. The maximum atomic E-state index is 13.1. The van der Waals surface area contributed by atoms with Crippen molar-refractivity contribution in [1.82, 2.24) is 4.31 Å². The predicted octanol–water partition coefficient (Wildman–Crippen LogP) is 1.37. The molecule has 6 nitrogen and oxygen atoms in total. The summed E-state index contributed by atoms with van der Waals surface area (Å²) in [4.78, 5) is 0.0474. The molecule has 0 N–H and O–H groups in total. The SMILES string of the molecule is C=CCN([C@H]1CCS(=O)(=O)C1)S(=O)(=O)c1cc(C)ccc1OC. The van der Waals surface area contributed by atoms with Gasteiger partial charge in [-0.1, -0.05) is 12.1 Å². The Bertz CT molecular complexity index is 799. The molecule has 0 unspecified atom stereocenters. The summed E-state index contributed by atoms with van der Waals surface area (Å²) < 4.78 is 55.9. The second kappa shape index (κ2) is 6.62. The average molecular weight is 359 g/mol. The molecule has 1 aromatic rings. The Morgan fingerprint density at radius 2 is 2.13 bits per heavy atom. The molecule has 2 rings (SSSR count). The van der Waals surface area contributed by atoms with E-state index in [0.717, 1.165) is 5.56 Å². The van der Waals surface area contributed by atoms with Gasteiger partial charge < -0.3 is 4.74 Å². The second-order valence-corrected chi connectivity index (χ2v) is 9.66. The van der Waals surface area contributed by atoms with Gasteiger partial charge in [0.1, 0.15) is 10.6 Å². The monoisotopic (exact) mass is 359 g/mol. The van der Waals surface area contributed by atoms with Gasteiger partial charge in [-0.3, -0.25) is 0 Å². The zero-order valence-electron chi connectivity index (χ0n) is 13.2. The molecule has 1 fully saturated rings. The lowest BCUT2D eigenvalue weighted by molar-refractivity contribution is 0.360. The first-order valence-electron chi connectivity index (χ1n) is 7.19. The van der Waals surface area contributed by atoms with Crippen LogP contribution in [0.25, 0.3) is 0 Å². The van der Waals surface area contributed by atoms with Crippen molar-refractivity contribution in [2.75, 3.05) is 25.2 Å². The van der Waals surface area contributed by atoms with Crippen LogP contribution in [0.1, 0.15) is 12.0 Å². The number of rotatable bonds is 6. The van der Waals surface area contributed by atoms with E-state index in [0.29, 0.717) is 6.42 Å². The molecule has 1 aromatic carbocycles. The molecule has 1 atom stereocenters. The third kappa shape index (κ3) is 3.76. The lowest BCUT2D eigenvalue weighted by Gasteiger charge is -2.27. The van der Waals surface area contributed by atoms with E-state index in [4.69, 9.17) is 4.74 Å². The van der Waals surface area contributed by atoms with Crippen LogP contribution >= 0.6 is 0 Å². The minimum Gasteiger partial charge on any atom is -0.495 e. The Morgan fingerprint density at radius 1 is 1.43 bits per heavy atom. The molecular formula is C15H21NO5S2. The highest BCUT2D eigenvalue weighted by Gasteiger charge is 2.39. The Morgan fingerprint density at radius 3 is 2.65 bits per heavy atom. The molecule has 1 heterocycles. The number of hydrogen-bond donors (Lipinski definition) is 0. The quantitative estimate of drug-likeness (QED) is 0.717. The summed E-state index contributed by atoms with van der Waals surface area (Å²) in [5.74, 6) is 0.0884. The second-order valence-electron chi connectivity index (χ2n) is 5.57. The van der Waals surface area contributed by atoms with Gasteiger partial charge in [-0.25, -0.2) is 16.8 Å². The van der Waals surface area contributed by atoms with E-state index in [1.807, 2.05) is 0 Å². The molecule has 0 amide bonds. The lowest BCUT2D eigenvalue weighted by atomic mass is 10.2. The van der Waals surface area contributed by atoms with Gasteiger partial charge in [-0.05, 0) is 31.0 Å². The van der Waals surface area contributed by atoms with Crippen LogP contribution in [0.4, 0.5) is 0 Å². The van der Waals surface area contributed by atoms with Gasteiger partial charge in [0, 0.05) is 12.6 Å². The number of ether oxygens (including phenoxy) is 1. The van der Waals surface area contributed by atoms with Crippen LogP contribution in [-0.2, 0) is 19.9 Å². The number of benzene rings is 1. The molecule has 1 aliphatic rings. The summed E-state index contributed by atoms with van der Waals surface area (Å²) in [5.41, 5.74) is 0.780. The zero-order chi connectivity index (χ0) is 17.3. The van der Waals surface area contributed by atoms with Crippen molar-refractivity contribution >= 4 is 19.9 Å². The van der Waals surface area contributed by atoms with Crippen molar-refractivity contribution in [3.8, 4) is 5.75 Å². The van der Waals surface area contributed by atoms with Crippen LogP contribution in [0.5, 0.6) is 5.75 Å². The van der Waals surface area contributed by atoms with Crippen LogP contribution < -0.4 is 4.74 Å². The number of nitrogens with zero attached hydrogens (tertiary/aromatic N) is 1. The largest absolute Gasteiger partial charge is 0.495 e. The first-order chi connectivity index (χ1) is 10.7. The van der Waals surface area contributed by atoms with Gasteiger partial charge >= 0.3 is 0 Å². The topological polar surface area (TPSA) is 80.8 Å². The van der Waals surface area contributed by atoms with E-state index in [2.05, 4.69) is 6.58 Å². The molecule has 0 bridgehead atoms. The summed E-state index contributed by atoms with van der Waals surface area (Å²) in [6.07, 6.45) is 1.76. The fourth-order valence-electron chi connectivity index (χ4n) is 2.69. The third-order valence-electron chi connectivity index (χ3n) is 3.83. The van der Waals surface area contributed by atoms with E-state index < -0.39 is 25.9 Å². The van der Waals surface area contributed by atoms with Gasteiger partial charge in [-0.2, -0.15) is 4.31 Å². The first kappa shape index (κ1) is 18.0. The molecular weight excluding hydrogens is 338 g/mol.